The molecule has 0 aliphatic heterocycles. The number of fused-ring (bicyclic) bond motifs is 3. The Bertz CT molecular complexity index is 880. The van der Waals surface area contributed by atoms with Crippen molar-refractivity contribution in [3.8, 4) is 0 Å². The number of rotatable bonds is 4. The van der Waals surface area contributed by atoms with E-state index in [4.69, 9.17) is 0 Å². The van der Waals surface area contributed by atoms with Gasteiger partial charge in [-0.3, -0.25) is 0 Å². The molecule has 0 heterocycles. The average Bonchev–Trinajstić information content (AvgIpc) is 2.71. The molecule has 4 aliphatic carbocycles. The molecule has 0 saturated heterocycles. The summed E-state index contributed by atoms with van der Waals surface area (Å²) in [5.41, 5.74) is -6.99. The Kier molecular flexibility index (Phi) is 5.43. The number of alkyl halides is 6. The highest BCUT2D eigenvalue weighted by atomic mass is 19.3. The summed E-state index contributed by atoms with van der Waals surface area (Å²) in [6.07, 6.45) is -4.77. The van der Waals surface area contributed by atoms with Crippen molar-refractivity contribution in [3.05, 3.63) is 34.9 Å². The Morgan fingerprint density at radius 3 is 1.97 bits per heavy atom. The van der Waals surface area contributed by atoms with Crippen molar-refractivity contribution in [3.63, 3.8) is 0 Å². The maximum Gasteiger partial charge on any atom is 0.387 e. The first-order valence-electron chi connectivity index (χ1n) is 11.0. The predicted octanol–water partition coefficient (Wildman–Crippen LogP) is 7.75. The van der Waals surface area contributed by atoms with Gasteiger partial charge in [-0.2, -0.15) is 26.3 Å². The van der Waals surface area contributed by atoms with Gasteiger partial charge in [0, 0.05) is 5.41 Å². The molecule has 4 saturated carbocycles. The minimum Gasteiger partial charge on any atom is -0.303 e. The van der Waals surface area contributed by atoms with Gasteiger partial charge in [0.25, 0.3) is 0 Å². The van der Waals surface area contributed by atoms with Gasteiger partial charge in [-0.25, -0.2) is 8.78 Å². The van der Waals surface area contributed by atoms with E-state index in [-0.39, 0.29) is 18.4 Å². The van der Waals surface area contributed by atoms with E-state index in [9.17, 15) is 17.6 Å². The monoisotopic (exact) mass is 470 g/mol. The zero-order chi connectivity index (χ0) is 23.7. The molecule has 0 amide bonds. The van der Waals surface area contributed by atoms with Crippen LogP contribution in [0.4, 0.5) is 35.1 Å². The van der Waals surface area contributed by atoms with Crippen LogP contribution in [0.2, 0.25) is 0 Å². The molecule has 4 aliphatic rings. The Balaban J connectivity index is 1.68. The van der Waals surface area contributed by atoms with E-state index in [1.54, 1.807) is 0 Å². The summed E-state index contributed by atoms with van der Waals surface area (Å²) >= 11 is 0. The van der Waals surface area contributed by atoms with Crippen LogP contribution in [-0.4, -0.2) is 17.4 Å². The van der Waals surface area contributed by atoms with Gasteiger partial charge in [0.05, 0.1) is 5.56 Å². The SMILES string of the molecule is Cc1ccc(C(F)(F)OC23CCC(C4CCC(C)CC4)(CC2)C(F)(F)C3(F)F)c(F)c1F. The first-order valence-corrected chi connectivity index (χ1v) is 11.0. The summed E-state index contributed by atoms with van der Waals surface area (Å²) in [5.74, 6) is -13.3. The Morgan fingerprint density at radius 1 is 0.844 bits per heavy atom. The maximum atomic E-state index is 15.4. The molecule has 0 unspecified atom stereocenters. The molecule has 0 radical (unpaired) electrons. The predicted molar refractivity (Wildman–Crippen MR) is 101 cm³/mol. The molecule has 5 rings (SSSR count). The lowest BCUT2D eigenvalue weighted by molar-refractivity contribution is -0.442. The van der Waals surface area contributed by atoms with Gasteiger partial charge in [0.15, 0.2) is 11.6 Å². The van der Waals surface area contributed by atoms with Gasteiger partial charge < -0.3 is 4.74 Å². The van der Waals surface area contributed by atoms with Crippen LogP contribution < -0.4 is 0 Å². The van der Waals surface area contributed by atoms with Crippen molar-refractivity contribution < 1.29 is 39.9 Å². The van der Waals surface area contributed by atoms with Crippen LogP contribution in [0, 0.1) is 35.8 Å². The molecule has 0 N–H and O–H groups in total. The summed E-state index contributed by atoms with van der Waals surface area (Å²) in [6, 6.07) is 1.38. The second kappa shape index (κ2) is 7.31. The molecule has 1 nitrogen and oxygen atoms in total. The molecule has 4 fully saturated rings. The van der Waals surface area contributed by atoms with Crippen LogP contribution in [0.1, 0.15) is 69.4 Å². The summed E-state index contributed by atoms with van der Waals surface area (Å²) in [5, 5.41) is 0. The summed E-state index contributed by atoms with van der Waals surface area (Å²) < 4.78 is 124. The topological polar surface area (TPSA) is 9.23 Å². The zero-order valence-corrected chi connectivity index (χ0v) is 17.9. The lowest BCUT2D eigenvalue weighted by atomic mass is 9.48. The molecule has 2 bridgehead atoms. The first-order chi connectivity index (χ1) is 14.7. The number of hydrogen-bond acceptors (Lipinski definition) is 1. The number of benzene rings is 1. The molecule has 0 atom stereocenters. The first kappa shape index (κ1) is 23.8. The number of aryl methyl sites for hydroxylation is 1. The van der Waals surface area contributed by atoms with E-state index in [1.165, 1.54) is 0 Å². The minimum atomic E-state index is -4.89. The second-order valence-electron chi connectivity index (χ2n) is 9.93. The van der Waals surface area contributed by atoms with E-state index in [2.05, 4.69) is 4.74 Å². The summed E-state index contributed by atoms with van der Waals surface area (Å²) in [7, 11) is 0. The molecule has 1 aromatic carbocycles. The number of hydrogen-bond donors (Lipinski definition) is 0. The molecular weight excluding hydrogens is 444 g/mol. The van der Waals surface area contributed by atoms with Crippen molar-refractivity contribution in [2.75, 3.05) is 0 Å². The number of halogens is 8. The third-order valence-electron chi connectivity index (χ3n) is 8.25. The summed E-state index contributed by atoms with van der Waals surface area (Å²) in [6.45, 7) is 3.12. The van der Waals surface area contributed by atoms with Crippen LogP contribution in [0.3, 0.4) is 0 Å². The Hall–Kier alpha value is -1.38. The fraction of sp³-hybridized carbons (Fsp3) is 0.739. The average molecular weight is 470 g/mol. The maximum absolute atomic E-state index is 15.4. The van der Waals surface area contributed by atoms with Gasteiger partial charge >= 0.3 is 18.0 Å². The van der Waals surface area contributed by atoms with Crippen LogP contribution >= 0.6 is 0 Å². The van der Waals surface area contributed by atoms with Gasteiger partial charge in [-0.05, 0) is 68.9 Å². The van der Waals surface area contributed by atoms with E-state index < -0.39 is 64.9 Å². The van der Waals surface area contributed by atoms with E-state index >= 15 is 17.6 Å². The quantitative estimate of drug-likeness (QED) is 0.409. The Labute approximate surface area is 181 Å². The van der Waals surface area contributed by atoms with Crippen LogP contribution in [-0.2, 0) is 10.8 Å². The molecule has 0 spiro atoms. The van der Waals surface area contributed by atoms with E-state index in [1.807, 2.05) is 6.92 Å². The zero-order valence-electron chi connectivity index (χ0n) is 17.9. The van der Waals surface area contributed by atoms with E-state index in [0.29, 0.717) is 37.7 Å². The highest BCUT2D eigenvalue weighted by molar-refractivity contribution is 5.28. The smallest absolute Gasteiger partial charge is 0.303 e. The van der Waals surface area contributed by atoms with Gasteiger partial charge in [-0.15, -0.1) is 0 Å². The largest absolute Gasteiger partial charge is 0.387 e. The molecule has 32 heavy (non-hydrogen) atoms. The lowest BCUT2D eigenvalue weighted by Crippen LogP contribution is -2.75. The van der Waals surface area contributed by atoms with Crippen molar-refractivity contribution in [1.82, 2.24) is 0 Å². The standard InChI is InChI=1S/C23H26F8O/c1-13-3-6-15(7-4-13)19-9-11-20(12-10-19,23(30,31)22(19,28)29)32-21(26,27)16-8-5-14(2)17(24)18(16)25/h5,8,13,15H,3-4,6-7,9-12H2,1-2H3. The van der Waals surface area contributed by atoms with E-state index in [0.717, 1.165) is 13.0 Å². The van der Waals surface area contributed by atoms with Gasteiger partial charge in [-0.1, -0.05) is 25.8 Å². The molecular formula is C23H26F8O. The van der Waals surface area contributed by atoms with Crippen LogP contribution in [0.25, 0.3) is 0 Å². The highest BCUT2D eigenvalue weighted by Crippen LogP contribution is 2.72. The third kappa shape index (κ3) is 3.05. The van der Waals surface area contributed by atoms with Crippen molar-refractivity contribution >= 4 is 0 Å². The number of ether oxygens (including phenoxy) is 1. The van der Waals surface area contributed by atoms with Crippen molar-refractivity contribution in [1.29, 1.82) is 0 Å². The minimum absolute atomic E-state index is 0.265. The Morgan fingerprint density at radius 2 is 1.41 bits per heavy atom. The molecule has 9 heteroatoms. The summed E-state index contributed by atoms with van der Waals surface area (Å²) in [4.78, 5) is 0. The fourth-order valence-electron chi connectivity index (χ4n) is 6.14. The normalized spacial score (nSPS) is 36.3. The van der Waals surface area contributed by atoms with Crippen molar-refractivity contribution in [2.45, 2.75) is 88.8 Å². The molecule has 1 aromatic rings. The fourth-order valence-corrected chi connectivity index (χ4v) is 6.14. The van der Waals surface area contributed by atoms with Gasteiger partial charge in [0.1, 0.15) is 5.60 Å². The third-order valence-corrected chi connectivity index (χ3v) is 8.25. The second-order valence-corrected chi connectivity index (χ2v) is 9.93. The lowest BCUT2D eigenvalue weighted by Gasteiger charge is -2.63. The van der Waals surface area contributed by atoms with Crippen LogP contribution in [0.5, 0.6) is 0 Å². The highest BCUT2D eigenvalue weighted by Gasteiger charge is 2.84. The van der Waals surface area contributed by atoms with Gasteiger partial charge in [0.2, 0.25) is 0 Å². The van der Waals surface area contributed by atoms with Crippen LogP contribution in [0.15, 0.2) is 12.1 Å². The van der Waals surface area contributed by atoms with Crippen molar-refractivity contribution in [2.24, 2.45) is 17.3 Å². The molecule has 0 aromatic heterocycles. The molecule has 180 valence electrons.